The molecule has 0 saturated heterocycles. The Bertz CT molecular complexity index is 2930. The van der Waals surface area contributed by atoms with Gasteiger partial charge >= 0.3 is 0 Å². The lowest BCUT2D eigenvalue weighted by atomic mass is 9.35. The van der Waals surface area contributed by atoms with Crippen LogP contribution in [0.4, 0.5) is 0 Å². The molecule has 2 aliphatic heterocycles. The molecular formula is C36H26BNO2Si. The van der Waals surface area contributed by atoms with Gasteiger partial charge in [0.1, 0.15) is 17.2 Å². The van der Waals surface area contributed by atoms with Crippen molar-refractivity contribution >= 4 is 52.1 Å². The van der Waals surface area contributed by atoms with E-state index in [2.05, 4.69) is 4.98 Å². The monoisotopic (exact) mass is 566 g/mol. The van der Waals surface area contributed by atoms with Gasteiger partial charge in [0.2, 0.25) is 14.0 Å². The van der Waals surface area contributed by atoms with Crippen molar-refractivity contribution in [3.8, 4) is 23.1 Å². The quantitative estimate of drug-likeness (QED) is 0.242. The van der Waals surface area contributed by atoms with Crippen LogP contribution < -0.4 is 46.7 Å². The summed E-state index contributed by atoms with van der Waals surface area (Å²) in [7, 11) is -6.02. The van der Waals surface area contributed by atoms with Crippen LogP contribution in [0.15, 0.2) is 139 Å². The second kappa shape index (κ2) is 9.36. The molecule has 8 rings (SSSR count). The van der Waals surface area contributed by atoms with E-state index in [9.17, 15) is 9.60 Å². The summed E-state index contributed by atoms with van der Waals surface area (Å²) in [5, 5.41) is -3.70. The van der Waals surface area contributed by atoms with E-state index in [0.29, 0.717) is 0 Å². The van der Waals surface area contributed by atoms with E-state index >= 15 is 0 Å². The second-order valence-corrected chi connectivity index (χ2v) is 12.5. The van der Waals surface area contributed by atoms with Gasteiger partial charge in [0.05, 0.1) is 31.5 Å². The van der Waals surface area contributed by atoms with Crippen LogP contribution in [0.3, 0.4) is 0 Å². The second-order valence-electron chi connectivity index (χ2n) is 9.01. The number of hydrogen-bond acceptors (Lipinski definition) is 3. The van der Waals surface area contributed by atoms with Gasteiger partial charge in [-0.3, -0.25) is 0 Å². The molecule has 0 unspecified atom stereocenters. The number of hydrogen-bond donors (Lipinski definition) is 0. The molecule has 3 nitrogen and oxygen atoms in total. The molecule has 0 amide bonds. The van der Waals surface area contributed by atoms with Crippen molar-refractivity contribution in [2.75, 3.05) is 0 Å². The van der Waals surface area contributed by atoms with Crippen LogP contribution in [0.2, 0.25) is 0 Å². The minimum absolute atomic E-state index is 0.255. The SMILES string of the molecule is [2H]c1c([2H])c([2H])c([Si](c2nc3c4c(c2[2H])Oc2c([2H])c([2H])c([2H])c([2H])c2B4c2c([2H])c([2H])c([2H])c([2H])c2O3)(c2c([2H])c([2H])c([2H])c([2H])c2[2H])c2c([2H])c([2H])c(C)c([2H])c2[2H])c([2H])c1[2H]. The predicted molar refractivity (Wildman–Crippen MR) is 170 cm³/mol. The number of ether oxygens (including phenoxy) is 2. The van der Waals surface area contributed by atoms with E-state index in [-0.39, 0.29) is 22.0 Å². The van der Waals surface area contributed by atoms with Crippen molar-refractivity contribution < 1.29 is 41.0 Å². The van der Waals surface area contributed by atoms with Gasteiger partial charge in [0, 0.05) is 10.8 Å². The summed E-state index contributed by atoms with van der Waals surface area (Å²) in [5.74, 6) is -2.78. The molecule has 5 aromatic carbocycles. The highest BCUT2D eigenvalue weighted by Gasteiger charge is 2.47. The molecule has 194 valence electrons. The summed E-state index contributed by atoms with van der Waals surface area (Å²) in [6.45, 7) is -0.457. The molecule has 0 bridgehead atoms. The lowest BCUT2D eigenvalue weighted by Gasteiger charge is -2.36. The van der Waals surface area contributed by atoms with Gasteiger partial charge in [0.25, 0.3) is 6.71 Å². The Hall–Kier alpha value is -4.87. The Labute approximate surface area is 273 Å². The van der Waals surface area contributed by atoms with E-state index in [4.69, 9.17) is 31.4 Å². The number of benzene rings is 5. The smallest absolute Gasteiger partial charge is 0.262 e. The largest absolute Gasteiger partial charge is 0.458 e. The average Bonchev–Trinajstić information content (AvgIpc) is 3.27. The fourth-order valence-corrected chi connectivity index (χ4v) is 8.57. The van der Waals surface area contributed by atoms with Crippen LogP contribution in [-0.2, 0) is 0 Å². The van der Waals surface area contributed by atoms with Crippen LogP contribution in [0.25, 0.3) is 0 Å². The summed E-state index contributed by atoms with van der Waals surface area (Å²) in [4.78, 5) is 4.65. The Balaban J connectivity index is 1.73. The summed E-state index contributed by atoms with van der Waals surface area (Å²) in [6, 6.07) is -21.5. The third kappa shape index (κ3) is 3.63. The van der Waals surface area contributed by atoms with Crippen LogP contribution in [0.5, 0.6) is 23.1 Å². The Morgan fingerprint density at radius 2 is 1.10 bits per heavy atom. The zero-order valence-electron chi connectivity index (χ0n) is 43.8. The van der Waals surface area contributed by atoms with Gasteiger partial charge < -0.3 is 9.47 Å². The zero-order chi connectivity index (χ0) is 47.4. The normalized spacial score (nSPS) is 20.7. The van der Waals surface area contributed by atoms with Gasteiger partial charge in [-0.15, -0.1) is 0 Å². The molecule has 2 aliphatic rings. The van der Waals surface area contributed by atoms with Crippen LogP contribution >= 0.6 is 0 Å². The fourth-order valence-electron chi connectivity index (χ4n) is 5.04. The lowest BCUT2D eigenvalue weighted by Crippen LogP contribution is -2.75. The average molecular weight is 567 g/mol. The van der Waals surface area contributed by atoms with Crippen molar-refractivity contribution in [2.24, 2.45) is 0 Å². The number of aromatic nitrogens is 1. The number of rotatable bonds is 4. The lowest BCUT2D eigenvalue weighted by molar-refractivity contribution is 0.452. The number of pyridine rings is 1. The molecule has 6 aromatic rings. The first kappa shape index (κ1) is 10.2. The van der Waals surface area contributed by atoms with Crippen molar-refractivity contribution in [1.29, 1.82) is 0 Å². The van der Waals surface area contributed by atoms with E-state index in [1.54, 1.807) is 0 Å². The highest BCUT2D eigenvalue weighted by molar-refractivity contribution is 7.19. The molecule has 41 heavy (non-hydrogen) atoms. The Morgan fingerprint density at radius 1 is 0.585 bits per heavy atom. The first-order chi connectivity index (χ1) is 29.8. The highest BCUT2D eigenvalue weighted by atomic mass is 28.3. The Kier molecular flexibility index (Phi) is 2.33. The third-order valence-corrected chi connectivity index (χ3v) is 10.7. The topological polar surface area (TPSA) is 31.4 Å². The molecule has 0 radical (unpaired) electrons. The Morgan fingerprint density at radius 3 is 1.71 bits per heavy atom. The summed E-state index contributed by atoms with van der Waals surface area (Å²) < 4.78 is 219. The number of nitrogens with zero attached hydrogens (tertiary/aromatic N) is 1. The fraction of sp³-hybridized carbons (Fsp3) is 0.0278. The maximum Gasteiger partial charge on any atom is 0.262 e. The van der Waals surface area contributed by atoms with Crippen LogP contribution in [0.1, 0.15) is 37.1 Å². The van der Waals surface area contributed by atoms with Gasteiger partial charge in [-0.05, 0) is 51.5 Å². The molecule has 5 heteroatoms. The molecular weight excluding hydrogens is 517 g/mol. The van der Waals surface area contributed by atoms with Crippen molar-refractivity contribution in [2.45, 2.75) is 6.92 Å². The van der Waals surface area contributed by atoms with Gasteiger partial charge in [-0.2, -0.15) is 0 Å². The standard InChI is InChI=1S/C36H26BNO2Si/c1-25-20-22-28(23-21-25)41(26-12-4-2-5-13-26,27-14-6-3-7-15-27)34-24-33-35-36(38-34)40-32-19-11-9-17-30(32)37(35)29-16-8-10-18-31(29)39-33/h2-24H,1H3/i2D,3D,4D,5D,6D,7D,8D,9D,10D,11D,12D,13D,14D,15D,16D,17D,18D,19D,20D,21D,22D,23D,24D. The first-order valence-electron chi connectivity index (χ1n) is 23.6. The minimum atomic E-state index is -6.02. The minimum Gasteiger partial charge on any atom is -0.458 e. The van der Waals surface area contributed by atoms with Gasteiger partial charge in [-0.25, -0.2) is 4.98 Å². The molecule has 0 fully saturated rings. The number of para-hydroxylation sites is 2. The summed E-state index contributed by atoms with van der Waals surface area (Å²) in [5.41, 5.74) is -1.38. The first-order valence-corrected chi connectivity index (χ1v) is 14.1. The van der Waals surface area contributed by atoms with E-state index < -0.39 is 198 Å². The van der Waals surface area contributed by atoms with Crippen molar-refractivity contribution in [1.82, 2.24) is 4.98 Å². The molecule has 0 spiro atoms. The maximum atomic E-state index is 10.0. The van der Waals surface area contributed by atoms with Crippen LogP contribution in [0, 0.1) is 6.92 Å². The van der Waals surface area contributed by atoms with Crippen molar-refractivity contribution in [3.63, 3.8) is 0 Å². The van der Waals surface area contributed by atoms with Crippen molar-refractivity contribution in [3.05, 3.63) is 145 Å². The molecule has 0 N–H and O–H groups in total. The number of fused-ring (bicyclic) bond motifs is 4. The highest BCUT2D eigenvalue weighted by Crippen LogP contribution is 2.32. The molecule has 3 heterocycles. The zero-order valence-corrected chi connectivity index (χ0v) is 21.8. The summed E-state index contributed by atoms with van der Waals surface area (Å²) in [6.07, 6.45) is 0. The molecule has 1 aromatic heterocycles. The van der Waals surface area contributed by atoms with E-state index in [1.807, 2.05) is 0 Å². The van der Waals surface area contributed by atoms with Gasteiger partial charge in [-0.1, -0.05) is 126 Å². The van der Waals surface area contributed by atoms with E-state index in [0.717, 1.165) is 0 Å². The molecule has 0 atom stereocenters. The van der Waals surface area contributed by atoms with Gasteiger partial charge in [0.15, 0.2) is 0 Å². The molecule has 0 saturated carbocycles. The third-order valence-electron chi connectivity index (χ3n) is 6.78. The maximum absolute atomic E-state index is 10.0. The summed E-state index contributed by atoms with van der Waals surface area (Å²) >= 11 is 0. The predicted octanol–water partition coefficient (Wildman–Crippen LogP) is 3.50. The molecule has 0 aliphatic carbocycles. The van der Waals surface area contributed by atoms with Crippen LogP contribution in [-0.4, -0.2) is 19.8 Å². The van der Waals surface area contributed by atoms with E-state index in [1.165, 1.54) is 6.92 Å².